The van der Waals surface area contributed by atoms with Gasteiger partial charge >= 0.3 is 0 Å². The quantitative estimate of drug-likeness (QED) is 0.875. The first-order chi connectivity index (χ1) is 9.91. The zero-order chi connectivity index (χ0) is 15.6. The smallest absolute Gasteiger partial charge is 0.261 e. The first kappa shape index (κ1) is 15.2. The number of carbonyl (C=O) groups is 1. The highest BCUT2D eigenvalue weighted by Crippen LogP contribution is 2.28. The summed E-state index contributed by atoms with van der Waals surface area (Å²) in [4.78, 5) is 12.2. The summed E-state index contributed by atoms with van der Waals surface area (Å²) >= 11 is 0. The van der Waals surface area contributed by atoms with Crippen molar-refractivity contribution in [2.45, 2.75) is 26.7 Å². The molecule has 0 unspecified atom stereocenters. The normalized spacial score (nSPS) is 10.8. The molecular formula is C17H17F2NO. The van der Waals surface area contributed by atoms with Crippen molar-refractivity contribution < 1.29 is 13.6 Å². The van der Waals surface area contributed by atoms with Gasteiger partial charge in [-0.1, -0.05) is 38.1 Å². The van der Waals surface area contributed by atoms with Crippen LogP contribution in [0.2, 0.25) is 0 Å². The Bertz CT molecular complexity index is 660. The Balaban J connectivity index is 2.41. The van der Waals surface area contributed by atoms with Gasteiger partial charge in [0.2, 0.25) is 0 Å². The number of carbonyl (C=O) groups excluding carboxylic acids is 1. The average Bonchev–Trinajstić information content (AvgIpc) is 2.40. The molecule has 0 aliphatic rings. The minimum atomic E-state index is -0.868. The molecule has 0 aromatic heterocycles. The summed E-state index contributed by atoms with van der Waals surface area (Å²) in [5.41, 5.74) is 1.84. The van der Waals surface area contributed by atoms with E-state index in [2.05, 4.69) is 5.32 Å². The Kier molecular flexibility index (Phi) is 4.36. The van der Waals surface area contributed by atoms with Crippen LogP contribution in [0.15, 0.2) is 36.4 Å². The molecule has 0 fully saturated rings. The number of rotatable bonds is 3. The highest BCUT2D eigenvalue weighted by Gasteiger charge is 2.19. The lowest BCUT2D eigenvalue weighted by Crippen LogP contribution is -2.18. The minimum Gasteiger partial charge on any atom is -0.321 e. The number of aryl methyl sites for hydroxylation is 1. The second-order valence-electron chi connectivity index (χ2n) is 5.24. The highest BCUT2D eigenvalue weighted by molar-refractivity contribution is 6.05. The number of amides is 1. The topological polar surface area (TPSA) is 29.1 Å². The molecule has 1 amide bonds. The summed E-state index contributed by atoms with van der Waals surface area (Å²) in [5, 5.41) is 2.64. The molecule has 0 saturated heterocycles. The van der Waals surface area contributed by atoms with Gasteiger partial charge in [0.15, 0.2) is 0 Å². The van der Waals surface area contributed by atoms with Crippen molar-refractivity contribution >= 4 is 11.6 Å². The molecule has 0 heterocycles. The molecule has 1 N–H and O–H groups in total. The third kappa shape index (κ3) is 3.10. The molecule has 2 aromatic rings. The van der Waals surface area contributed by atoms with Gasteiger partial charge in [0, 0.05) is 5.69 Å². The zero-order valence-corrected chi connectivity index (χ0v) is 12.2. The van der Waals surface area contributed by atoms with Crippen LogP contribution in [0.4, 0.5) is 14.5 Å². The monoisotopic (exact) mass is 289 g/mol. The standard InChI is InChI=1S/C17H17F2NO/c1-10(2)12-7-4-6-11(3)16(12)20-17(21)15-13(18)8-5-9-14(15)19/h4-10H,1-3H3,(H,20,21). The molecule has 0 atom stereocenters. The van der Waals surface area contributed by atoms with Crippen molar-refractivity contribution in [1.29, 1.82) is 0 Å². The van der Waals surface area contributed by atoms with Gasteiger partial charge in [0.25, 0.3) is 5.91 Å². The molecule has 21 heavy (non-hydrogen) atoms. The van der Waals surface area contributed by atoms with Crippen LogP contribution >= 0.6 is 0 Å². The Morgan fingerprint density at radius 3 is 2.19 bits per heavy atom. The van der Waals surface area contributed by atoms with Gasteiger partial charge in [-0.2, -0.15) is 0 Å². The van der Waals surface area contributed by atoms with Crippen LogP contribution in [0.25, 0.3) is 0 Å². The maximum absolute atomic E-state index is 13.7. The lowest BCUT2D eigenvalue weighted by Gasteiger charge is -2.16. The Morgan fingerprint density at radius 2 is 1.62 bits per heavy atom. The van der Waals surface area contributed by atoms with E-state index in [4.69, 9.17) is 0 Å². The van der Waals surface area contributed by atoms with Crippen LogP contribution in [0, 0.1) is 18.6 Å². The fourth-order valence-electron chi connectivity index (χ4n) is 2.23. The Labute approximate surface area is 122 Å². The lowest BCUT2D eigenvalue weighted by atomic mass is 9.98. The summed E-state index contributed by atoms with van der Waals surface area (Å²) in [7, 11) is 0. The van der Waals surface area contributed by atoms with Gasteiger partial charge in [-0.05, 0) is 36.1 Å². The highest BCUT2D eigenvalue weighted by atomic mass is 19.1. The molecule has 2 nitrogen and oxygen atoms in total. The fourth-order valence-corrected chi connectivity index (χ4v) is 2.23. The van der Waals surface area contributed by atoms with Gasteiger partial charge < -0.3 is 5.32 Å². The molecule has 0 saturated carbocycles. The molecule has 110 valence electrons. The van der Waals surface area contributed by atoms with Gasteiger partial charge in [-0.3, -0.25) is 4.79 Å². The zero-order valence-electron chi connectivity index (χ0n) is 12.2. The predicted molar refractivity (Wildman–Crippen MR) is 79.6 cm³/mol. The summed E-state index contributed by atoms with van der Waals surface area (Å²) < 4.78 is 27.3. The SMILES string of the molecule is Cc1cccc(C(C)C)c1NC(=O)c1c(F)cccc1F. The number of hydrogen-bond donors (Lipinski definition) is 1. The van der Waals surface area contributed by atoms with Crippen LogP contribution in [-0.4, -0.2) is 5.91 Å². The molecule has 2 aromatic carbocycles. The maximum Gasteiger partial charge on any atom is 0.261 e. The third-order valence-electron chi connectivity index (χ3n) is 3.36. The number of para-hydroxylation sites is 1. The van der Waals surface area contributed by atoms with E-state index in [1.807, 2.05) is 39.0 Å². The number of anilines is 1. The molecular weight excluding hydrogens is 272 g/mol. The number of nitrogens with one attached hydrogen (secondary N) is 1. The lowest BCUT2D eigenvalue weighted by molar-refractivity contribution is 0.101. The van der Waals surface area contributed by atoms with Crippen molar-refractivity contribution in [2.24, 2.45) is 0 Å². The minimum absolute atomic E-state index is 0.186. The molecule has 2 rings (SSSR count). The number of halogens is 2. The average molecular weight is 289 g/mol. The van der Waals surface area contributed by atoms with E-state index in [1.165, 1.54) is 6.07 Å². The van der Waals surface area contributed by atoms with Gasteiger partial charge in [0.05, 0.1) is 0 Å². The van der Waals surface area contributed by atoms with Gasteiger partial charge in [-0.15, -0.1) is 0 Å². The van der Waals surface area contributed by atoms with Crippen molar-refractivity contribution in [3.63, 3.8) is 0 Å². The second-order valence-corrected chi connectivity index (χ2v) is 5.24. The van der Waals surface area contributed by atoms with E-state index in [0.29, 0.717) is 5.69 Å². The molecule has 0 radical (unpaired) electrons. The molecule has 0 aliphatic heterocycles. The van der Waals surface area contributed by atoms with Crippen LogP contribution < -0.4 is 5.32 Å². The van der Waals surface area contributed by atoms with Crippen molar-refractivity contribution in [2.75, 3.05) is 5.32 Å². The molecule has 0 aliphatic carbocycles. The van der Waals surface area contributed by atoms with Crippen molar-refractivity contribution in [3.8, 4) is 0 Å². The van der Waals surface area contributed by atoms with Gasteiger partial charge in [0.1, 0.15) is 17.2 Å². The molecule has 0 bridgehead atoms. The summed E-state index contributed by atoms with van der Waals surface area (Å²) in [5.74, 6) is -2.33. The van der Waals surface area contributed by atoms with E-state index in [9.17, 15) is 13.6 Å². The summed E-state index contributed by atoms with van der Waals surface area (Å²) in [6, 6.07) is 9.00. The maximum atomic E-state index is 13.7. The van der Waals surface area contributed by atoms with Crippen molar-refractivity contribution in [1.82, 2.24) is 0 Å². The molecule has 0 spiro atoms. The van der Waals surface area contributed by atoms with Crippen LogP contribution in [0.1, 0.15) is 41.3 Å². The number of benzene rings is 2. The second kappa shape index (κ2) is 6.04. The van der Waals surface area contributed by atoms with Crippen LogP contribution in [0.5, 0.6) is 0 Å². The summed E-state index contributed by atoms with van der Waals surface area (Å²) in [6.07, 6.45) is 0. The number of hydrogen-bond acceptors (Lipinski definition) is 1. The van der Waals surface area contributed by atoms with Gasteiger partial charge in [-0.25, -0.2) is 8.78 Å². The van der Waals surface area contributed by atoms with Crippen LogP contribution in [-0.2, 0) is 0 Å². The fraction of sp³-hybridized carbons (Fsp3) is 0.235. The molecule has 4 heteroatoms. The van der Waals surface area contributed by atoms with E-state index in [1.54, 1.807) is 0 Å². The van der Waals surface area contributed by atoms with E-state index >= 15 is 0 Å². The van der Waals surface area contributed by atoms with Crippen molar-refractivity contribution in [3.05, 3.63) is 64.7 Å². The largest absolute Gasteiger partial charge is 0.321 e. The van der Waals surface area contributed by atoms with E-state index < -0.39 is 23.1 Å². The van der Waals surface area contributed by atoms with Crippen LogP contribution in [0.3, 0.4) is 0 Å². The summed E-state index contributed by atoms with van der Waals surface area (Å²) in [6.45, 7) is 5.83. The third-order valence-corrected chi connectivity index (χ3v) is 3.36. The first-order valence-electron chi connectivity index (χ1n) is 6.76. The van der Waals surface area contributed by atoms with E-state index in [0.717, 1.165) is 23.3 Å². The predicted octanol–water partition coefficient (Wildman–Crippen LogP) is 4.65. The first-order valence-corrected chi connectivity index (χ1v) is 6.76. The Hall–Kier alpha value is -2.23. The van der Waals surface area contributed by atoms with E-state index in [-0.39, 0.29) is 5.92 Å². The Morgan fingerprint density at radius 1 is 1.05 bits per heavy atom.